The van der Waals surface area contributed by atoms with Gasteiger partial charge in [-0.15, -0.1) is 0 Å². The SMILES string of the molecule is O=c1cc(C2CCC(CCCC3CCCCC3)CC2)o[nH]1. The van der Waals surface area contributed by atoms with Gasteiger partial charge in [0.1, 0.15) is 5.76 Å². The lowest BCUT2D eigenvalue weighted by Gasteiger charge is -2.28. The van der Waals surface area contributed by atoms with Crippen LogP contribution in [-0.4, -0.2) is 5.16 Å². The van der Waals surface area contributed by atoms with E-state index >= 15 is 0 Å². The number of aromatic nitrogens is 1. The monoisotopic (exact) mass is 291 g/mol. The van der Waals surface area contributed by atoms with Crippen LogP contribution >= 0.6 is 0 Å². The van der Waals surface area contributed by atoms with E-state index in [9.17, 15) is 4.79 Å². The van der Waals surface area contributed by atoms with Gasteiger partial charge >= 0.3 is 0 Å². The van der Waals surface area contributed by atoms with Crippen LogP contribution in [0.25, 0.3) is 0 Å². The molecule has 3 rings (SSSR count). The molecule has 1 N–H and O–H groups in total. The molecule has 0 spiro atoms. The topological polar surface area (TPSA) is 46.0 Å². The Balaban J connectivity index is 1.35. The molecule has 21 heavy (non-hydrogen) atoms. The highest BCUT2D eigenvalue weighted by Crippen LogP contribution is 2.38. The molecule has 2 saturated carbocycles. The van der Waals surface area contributed by atoms with Crippen LogP contribution < -0.4 is 5.56 Å². The van der Waals surface area contributed by atoms with Crippen molar-refractivity contribution in [1.82, 2.24) is 5.16 Å². The largest absolute Gasteiger partial charge is 0.383 e. The maximum Gasteiger partial charge on any atom is 0.280 e. The van der Waals surface area contributed by atoms with Crippen molar-refractivity contribution in [2.75, 3.05) is 0 Å². The van der Waals surface area contributed by atoms with Crippen LogP contribution in [0.15, 0.2) is 15.4 Å². The smallest absolute Gasteiger partial charge is 0.280 e. The second-order valence-electron chi connectivity index (χ2n) is 7.27. The zero-order valence-electron chi connectivity index (χ0n) is 13.1. The number of rotatable bonds is 5. The summed E-state index contributed by atoms with van der Waals surface area (Å²) < 4.78 is 5.26. The Morgan fingerprint density at radius 3 is 2.24 bits per heavy atom. The van der Waals surface area contributed by atoms with Gasteiger partial charge in [0.05, 0.1) is 0 Å². The molecule has 118 valence electrons. The standard InChI is InChI=1S/C18H29NO2/c20-18-13-17(21-19-18)16-11-9-15(10-12-16)8-4-7-14-5-2-1-3-6-14/h13-16H,1-12H2,(H,19,20). The maximum absolute atomic E-state index is 11.1. The van der Waals surface area contributed by atoms with E-state index in [0.29, 0.717) is 5.92 Å². The Labute approximate surface area is 127 Å². The van der Waals surface area contributed by atoms with E-state index in [1.807, 2.05) is 0 Å². The van der Waals surface area contributed by atoms with Gasteiger partial charge < -0.3 is 4.52 Å². The van der Waals surface area contributed by atoms with Crippen molar-refractivity contribution in [3.8, 4) is 0 Å². The molecule has 3 heteroatoms. The first-order valence-electron chi connectivity index (χ1n) is 8.99. The third kappa shape index (κ3) is 4.24. The van der Waals surface area contributed by atoms with Crippen molar-refractivity contribution in [3.05, 3.63) is 22.2 Å². The second-order valence-corrected chi connectivity index (χ2v) is 7.27. The Bertz CT molecular complexity index is 462. The molecule has 0 aliphatic heterocycles. The number of nitrogens with one attached hydrogen (secondary N) is 1. The molecule has 0 radical (unpaired) electrons. The third-order valence-electron chi connectivity index (χ3n) is 5.74. The molecule has 2 fully saturated rings. The molecule has 0 bridgehead atoms. The van der Waals surface area contributed by atoms with Crippen molar-refractivity contribution in [3.63, 3.8) is 0 Å². The number of aromatic amines is 1. The Kier molecular flexibility index (Phi) is 5.21. The van der Waals surface area contributed by atoms with Crippen LogP contribution in [0, 0.1) is 11.8 Å². The van der Waals surface area contributed by atoms with Crippen LogP contribution in [0.2, 0.25) is 0 Å². The van der Waals surface area contributed by atoms with Crippen molar-refractivity contribution in [2.24, 2.45) is 11.8 Å². The summed E-state index contributed by atoms with van der Waals surface area (Å²) in [7, 11) is 0. The minimum Gasteiger partial charge on any atom is -0.383 e. The van der Waals surface area contributed by atoms with E-state index in [4.69, 9.17) is 4.52 Å². The fourth-order valence-corrected chi connectivity index (χ4v) is 4.41. The van der Waals surface area contributed by atoms with Gasteiger partial charge in [0.25, 0.3) is 5.56 Å². The van der Waals surface area contributed by atoms with Gasteiger partial charge in [0.15, 0.2) is 0 Å². The number of hydrogen-bond donors (Lipinski definition) is 1. The molecule has 0 atom stereocenters. The molecule has 1 aromatic rings. The summed E-state index contributed by atoms with van der Waals surface area (Å²) in [6.07, 6.45) is 16.7. The molecule has 3 nitrogen and oxygen atoms in total. The molecule has 0 saturated heterocycles. The molecule has 0 unspecified atom stereocenters. The first-order chi connectivity index (χ1) is 10.3. The van der Waals surface area contributed by atoms with Gasteiger partial charge in [-0.25, -0.2) is 0 Å². The lowest BCUT2D eigenvalue weighted by Crippen LogP contribution is -2.14. The molecular formula is C18H29NO2. The van der Waals surface area contributed by atoms with Crippen LogP contribution in [0.4, 0.5) is 0 Å². The highest BCUT2D eigenvalue weighted by Gasteiger charge is 2.25. The van der Waals surface area contributed by atoms with Gasteiger partial charge in [0.2, 0.25) is 0 Å². The summed E-state index contributed by atoms with van der Waals surface area (Å²) in [5.41, 5.74) is -0.0976. The molecule has 2 aliphatic rings. The van der Waals surface area contributed by atoms with E-state index in [0.717, 1.165) is 17.6 Å². The quantitative estimate of drug-likeness (QED) is 0.830. The van der Waals surface area contributed by atoms with E-state index in [1.54, 1.807) is 6.07 Å². The average Bonchev–Trinajstić information content (AvgIpc) is 2.96. The predicted octanol–water partition coefficient (Wildman–Crippen LogP) is 4.99. The summed E-state index contributed by atoms with van der Waals surface area (Å²) in [6.45, 7) is 0. The van der Waals surface area contributed by atoms with E-state index in [2.05, 4.69) is 5.16 Å². The summed E-state index contributed by atoms with van der Waals surface area (Å²) in [6, 6.07) is 1.63. The maximum atomic E-state index is 11.1. The lowest BCUT2D eigenvalue weighted by atomic mass is 9.78. The highest BCUT2D eigenvalue weighted by atomic mass is 16.5. The molecule has 2 aliphatic carbocycles. The summed E-state index contributed by atoms with van der Waals surface area (Å²) in [5, 5.41) is 2.42. The van der Waals surface area contributed by atoms with Crippen molar-refractivity contribution in [2.45, 2.75) is 83.0 Å². The summed E-state index contributed by atoms with van der Waals surface area (Å²) in [4.78, 5) is 11.1. The Morgan fingerprint density at radius 1 is 0.952 bits per heavy atom. The fourth-order valence-electron chi connectivity index (χ4n) is 4.41. The molecular weight excluding hydrogens is 262 g/mol. The van der Waals surface area contributed by atoms with E-state index in [1.165, 1.54) is 77.0 Å². The van der Waals surface area contributed by atoms with Crippen molar-refractivity contribution >= 4 is 0 Å². The third-order valence-corrected chi connectivity index (χ3v) is 5.74. The lowest BCUT2D eigenvalue weighted by molar-refractivity contribution is 0.254. The van der Waals surface area contributed by atoms with Crippen molar-refractivity contribution < 1.29 is 4.52 Å². The summed E-state index contributed by atoms with van der Waals surface area (Å²) in [5.74, 6) is 3.29. The Hall–Kier alpha value is -0.990. The second kappa shape index (κ2) is 7.33. The van der Waals surface area contributed by atoms with Crippen LogP contribution in [0.3, 0.4) is 0 Å². The first kappa shape index (κ1) is 14.9. The molecule has 0 aromatic carbocycles. The van der Waals surface area contributed by atoms with Gasteiger partial charge in [0, 0.05) is 12.0 Å². The average molecular weight is 291 g/mol. The van der Waals surface area contributed by atoms with Crippen molar-refractivity contribution in [1.29, 1.82) is 0 Å². The minimum absolute atomic E-state index is 0.0976. The van der Waals surface area contributed by atoms with Crippen LogP contribution in [-0.2, 0) is 0 Å². The first-order valence-corrected chi connectivity index (χ1v) is 8.99. The van der Waals surface area contributed by atoms with Gasteiger partial charge in [-0.3, -0.25) is 4.79 Å². The summed E-state index contributed by atoms with van der Waals surface area (Å²) >= 11 is 0. The highest BCUT2D eigenvalue weighted by molar-refractivity contribution is 5.03. The van der Waals surface area contributed by atoms with Gasteiger partial charge in [-0.05, 0) is 37.5 Å². The minimum atomic E-state index is -0.0976. The van der Waals surface area contributed by atoms with E-state index < -0.39 is 0 Å². The zero-order chi connectivity index (χ0) is 14.5. The fraction of sp³-hybridized carbons (Fsp3) is 0.833. The molecule has 1 heterocycles. The van der Waals surface area contributed by atoms with Crippen LogP contribution in [0.1, 0.15) is 88.7 Å². The van der Waals surface area contributed by atoms with Crippen LogP contribution in [0.5, 0.6) is 0 Å². The van der Waals surface area contributed by atoms with Gasteiger partial charge in [-0.2, -0.15) is 5.16 Å². The van der Waals surface area contributed by atoms with E-state index in [-0.39, 0.29) is 5.56 Å². The van der Waals surface area contributed by atoms with Gasteiger partial charge in [-0.1, -0.05) is 51.4 Å². The molecule has 0 amide bonds. The Morgan fingerprint density at radius 2 is 1.62 bits per heavy atom. The normalized spacial score (nSPS) is 27.8. The predicted molar refractivity (Wildman–Crippen MR) is 84.5 cm³/mol. The zero-order valence-corrected chi connectivity index (χ0v) is 13.1. The number of hydrogen-bond acceptors (Lipinski definition) is 2. The molecule has 1 aromatic heterocycles. The number of H-pyrrole nitrogens is 1.